The highest BCUT2D eigenvalue weighted by atomic mass is 16.3. The molecule has 0 atom stereocenters. The van der Waals surface area contributed by atoms with Crippen LogP contribution in [0.4, 0.5) is 4.79 Å². The first-order valence-electron chi connectivity index (χ1n) is 7.11. The molecule has 108 valence electrons. The zero-order valence-electron chi connectivity index (χ0n) is 11.9. The standard InChI is InChI=1S/C16H17N3O2/c1-2-3-10-17-16(20)19-13-8-5-4-7-12(13)18-15(19)14-9-6-11-21-14/h4-9,11H,2-3,10H2,1H3,(H,17,20). The molecule has 5 heteroatoms. The van der Waals surface area contributed by atoms with Crippen LogP contribution in [0.2, 0.25) is 0 Å². The molecule has 0 aliphatic carbocycles. The molecule has 5 nitrogen and oxygen atoms in total. The highest BCUT2D eigenvalue weighted by molar-refractivity contribution is 5.93. The third-order valence-corrected chi connectivity index (χ3v) is 3.31. The Bertz CT molecular complexity index is 744. The van der Waals surface area contributed by atoms with Crippen LogP contribution in [0.25, 0.3) is 22.6 Å². The summed E-state index contributed by atoms with van der Waals surface area (Å²) in [5.41, 5.74) is 1.55. The number of nitrogens with zero attached hydrogens (tertiary/aromatic N) is 2. The van der Waals surface area contributed by atoms with Gasteiger partial charge in [-0.15, -0.1) is 0 Å². The lowest BCUT2D eigenvalue weighted by molar-refractivity contribution is 0.243. The number of nitrogens with one attached hydrogen (secondary N) is 1. The summed E-state index contributed by atoms with van der Waals surface area (Å²) in [6.07, 6.45) is 3.57. The van der Waals surface area contributed by atoms with Crippen molar-refractivity contribution < 1.29 is 9.21 Å². The van der Waals surface area contributed by atoms with Crippen molar-refractivity contribution in [1.82, 2.24) is 14.9 Å². The van der Waals surface area contributed by atoms with Crippen molar-refractivity contribution in [3.63, 3.8) is 0 Å². The summed E-state index contributed by atoms with van der Waals surface area (Å²) < 4.78 is 6.98. The van der Waals surface area contributed by atoms with E-state index in [0.717, 1.165) is 23.9 Å². The fraction of sp³-hybridized carbons (Fsp3) is 0.250. The van der Waals surface area contributed by atoms with Gasteiger partial charge in [0.15, 0.2) is 11.6 Å². The van der Waals surface area contributed by atoms with Gasteiger partial charge in [-0.1, -0.05) is 25.5 Å². The fourth-order valence-electron chi connectivity index (χ4n) is 2.25. The number of unbranched alkanes of at least 4 members (excludes halogenated alkanes) is 1. The van der Waals surface area contributed by atoms with E-state index in [1.807, 2.05) is 24.3 Å². The van der Waals surface area contributed by atoms with E-state index < -0.39 is 0 Å². The van der Waals surface area contributed by atoms with Crippen LogP contribution in [0.5, 0.6) is 0 Å². The Labute approximate surface area is 122 Å². The number of aromatic nitrogens is 2. The van der Waals surface area contributed by atoms with Gasteiger partial charge in [0.2, 0.25) is 0 Å². The molecular formula is C16H17N3O2. The number of hydrogen-bond donors (Lipinski definition) is 1. The smallest absolute Gasteiger partial charge is 0.327 e. The van der Waals surface area contributed by atoms with Crippen LogP contribution in [0.3, 0.4) is 0 Å². The Morgan fingerprint density at radius 1 is 1.29 bits per heavy atom. The van der Waals surface area contributed by atoms with Gasteiger partial charge in [0.05, 0.1) is 17.3 Å². The zero-order chi connectivity index (χ0) is 14.7. The summed E-state index contributed by atoms with van der Waals surface area (Å²) in [6, 6.07) is 11.0. The van der Waals surface area contributed by atoms with Gasteiger partial charge in [-0.3, -0.25) is 0 Å². The molecule has 0 spiro atoms. The van der Waals surface area contributed by atoms with Crippen molar-refractivity contribution in [3.05, 3.63) is 42.7 Å². The molecule has 0 fully saturated rings. The molecule has 2 heterocycles. The molecule has 0 unspecified atom stereocenters. The monoisotopic (exact) mass is 283 g/mol. The largest absolute Gasteiger partial charge is 0.461 e. The maximum absolute atomic E-state index is 12.5. The second kappa shape index (κ2) is 5.83. The number of furan rings is 1. The minimum atomic E-state index is -0.177. The maximum atomic E-state index is 12.5. The molecule has 1 aromatic carbocycles. The van der Waals surface area contributed by atoms with Crippen LogP contribution in [0, 0.1) is 0 Å². The Hall–Kier alpha value is -2.56. The average molecular weight is 283 g/mol. The normalized spacial score (nSPS) is 10.9. The van der Waals surface area contributed by atoms with Gasteiger partial charge < -0.3 is 9.73 Å². The highest BCUT2D eigenvalue weighted by Gasteiger charge is 2.19. The topological polar surface area (TPSA) is 60.1 Å². The number of carbonyl (C=O) groups is 1. The summed E-state index contributed by atoms with van der Waals surface area (Å²) in [5.74, 6) is 1.10. The van der Waals surface area contributed by atoms with Crippen LogP contribution in [-0.4, -0.2) is 22.1 Å². The Balaban J connectivity index is 2.06. The van der Waals surface area contributed by atoms with E-state index in [1.54, 1.807) is 23.0 Å². The predicted molar refractivity (Wildman–Crippen MR) is 81.1 cm³/mol. The SMILES string of the molecule is CCCCNC(=O)n1c(-c2ccco2)nc2ccccc21. The van der Waals surface area contributed by atoms with Crippen molar-refractivity contribution >= 4 is 17.1 Å². The number of benzene rings is 1. The summed E-state index contributed by atoms with van der Waals surface area (Å²) in [4.78, 5) is 17.0. The van der Waals surface area contributed by atoms with Crippen LogP contribution in [0.1, 0.15) is 19.8 Å². The van der Waals surface area contributed by atoms with Gasteiger partial charge in [0, 0.05) is 6.54 Å². The number of imidazole rings is 1. The molecule has 1 amide bonds. The fourth-order valence-corrected chi connectivity index (χ4v) is 2.25. The van der Waals surface area contributed by atoms with Crippen LogP contribution < -0.4 is 5.32 Å². The Morgan fingerprint density at radius 3 is 2.90 bits per heavy atom. The average Bonchev–Trinajstić information content (AvgIpc) is 3.14. The highest BCUT2D eigenvalue weighted by Crippen LogP contribution is 2.24. The van der Waals surface area contributed by atoms with Crippen LogP contribution in [-0.2, 0) is 0 Å². The van der Waals surface area contributed by atoms with Crippen LogP contribution in [0.15, 0.2) is 47.1 Å². The number of fused-ring (bicyclic) bond motifs is 1. The molecule has 2 aromatic heterocycles. The molecule has 0 saturated carbocycles. The second-order valence-electron chi connectivity index (χ2n) is 4.82. The van der Waals surface area contributed by atoms with Crippen molar-refractivity contribution in [3.8, 4) is 11.6 Å². The van der Waals surface area contributed by atoms with E-state index in [9.17, 15) is 4.79 Å². The molecule has 0 aliphatic rings. The number of rotatable bonds is 4. The summed E-state index contributed by atoms with van der Waals surface area (Å²) >= 11 is 0. The Morgan fingerprint density at radius 2 is 2.14 bits per heavy atom. The molecular weight excluding hydrogens is 266 g/mol. The molecule has 0 radical (unpaired) electrons. The van der Waals surface area contributed by atoms with Gasteiger partial charge in [0.25, 0.3) is 0 Å². The third-order valence-electron chi connectivity index (χ3n) is 3.31. The molecule has 0 aliphatic heterocycles. The van der Waals surface area contributed by atoms with E-state index in [1.165, 1.54) is 0 Å². The molecule has 1 N–H and O–H groups in total. The lowest BCUT2D eigenvalue weighted by atomic mass is 10.3. The number of carbonyl (C=O) groups excluding carboxylic acids is 1. The van der Waals surface area contributed by atoms with Gasteiger partial charge in [-0.05, 0) is 30.7 Å². The summed E-state index contributed by atoms with van der Waals surface area (Å²) in [5, 5.41) is 2.92. The molecule has 3 aromatic rings. The number of para-hydroxylation sites is 2. The van der Waals surface area contributed by atoms with Crippen molar-refractivity contribution in [2.45, 2.75) is 19.8 Å². The summed E-state index contributed by atoms with van der Waals surface area (Å²) in [6.45, 7) is 2.74. The number of amides is 1. The predicted octanol–water partition coefficient (Wildman–Crippen LogP) is 3.65. The molecule has 0 bridgehead atoms. The van der Waals surface area contributed by atoms with Gasteiger partial charge in [-0.25, -0.2) is 14.3 Å². The quantitative estimate of drug-likeness (QED) is 0.743. The van der Waals surface area contributed by atoms with E-state index in [0.29, 0.717) is 18.1 Å². The van der Waals surface area contributed by atoms with Crippen molar-refractivity contribution in [1.29, 1.82) is 0 Å². The van der Waals surface area contributed by atoms with Crippen molar-refractivity contribution in [2.24, 2.45) is 0 Å². The first-order chi connectivity index (χ1) is 10.3. The lowest BCUT2D eigenvalue weighted by Crippen LogP contribution is -2.29. The number of hydrogen-bond acceptors (Lipinski definition) is 3. The zero-order valence-corrected chi connectivity index (χ0v) is 11.9. The summed E-state index contributed by atoms with van der Waals surface area (Å²) in [7, 11) is 0. The van der Waals surface area contributed by atoms with Gasteiger partial charge >= 0.3 is 6.03 Å². The third kappa shape index (κ3) is 2.54. The first kappa shape index (κ1) is 13.4. The molecule has 21 heavy (non-hydrogen) atoms. The van der Waals surface area contributed by atoms with Crippen LogP contribution >= 0.6 is 0 Å². The van der Waals surface area contributed by atoms with E-state index in [4.69, 9.17) is 4.42 Å². The van der Waals surface area contributed by atoms with E-state index in [-0.39, 0.29) is 6.03 Å². The van der Waals surface area contributed by atoms with Gasteiger partial charge in [0.1, 0.15) is 0 Å². The van der Waals surface area contributed by atoms with E-state index >= 15 is 0 Å². The minimum Gasteiger partial charge on any atom is -0.461 e. The minimum absolute atomic E-state index is 0.177. The molecule has 0 saturated heterocycles. The van der Waals surface area contributed by atoms with Gasteiger partial charge in [-0.2, -0.15) is 0 Å². The Kier molecular flexibility index (Phi) is 3.73. The van der Waals surface area contributed by atoms with E-state index in [2.05, 4.69) is 17.2 Å². The lowest BCUT2D eigenvalue weighted by Gasteiger charge is -2.08. The first-order valence-corrected chi connectivity index (χ1v) is 7.11. The molecule has 3 rings (SSSR count). The second-order valence-corrected chi connectivity index (χ2v) is 4.82. The maximum Gasteiger partial charge on any atom is 0.327 e. The van der Waals surface area contributed by atoms with Crippen molar-refractivity contribution in [2.75, 3.05) is 6.54 Å².